The number of hydrogen-bond donors (Lipinski definition) is 0. The lowest BCUT2D eigenvalue weighted by Crippen LogP contribution is -1.62. The molecular formula is C21H36. The SMILES string of the molecule is CC.CC.CCC.Cc1ccccc1.Cc1ccccc1. The van der Waals surface area contributed by atoms with Gasteiger partial charge in [0, 0.05) is 0 Å². The molecule has 0 amide bonds. The lowest BCUT2D eigenvalue weighted by Gasteiger charge is -1.82. The van der Waals surface area contributed by atoms with Crippen molar-refractivity contribution in [1.29, 1.82) is 0 Å². The Morgan fingerprint density at radius 1 is 0.524 bits per heavy atom. The van der Waals surface area contributed by atoms with Gasteiger partial charge in [-0.25, -0.2) is 0 Å². The molecule has 0 nitrogen and oxygen atoms in total. The van der Waals surface area contributed by atoms with Gasteiger partial charge in [0.1, 0.15) is 0 Å². The van der Waals surface area contributed by atoms with Crippen LogP contribution in [0.25, 0.3) is 0 Å². The van der Waals surface area contributed by atoms with Crippen molar-refractivity contribution in [3.63, 3.8) is 0 Å². The summed E-state index contributed by atoms with van der Waals surface area (Å²) in [6, 6.07) is 20.5. The third kappa shape index (κ3) is 23.9. The topological polar surface area (TPSA) is 0 Å². The molecule has 0 aromatic heterocycles. The van der Waals surface area contributed by atoms with Crippen LogP contribution in [-0.2, 0) is 0 Å². The second-order valence-electron chi connectivity index (χ2n) is 4.02. The lowest BCUT2D eigenvalue weighted by atomic mass is 10.2. The van der Waals surface area contributed by atoms with Crippen molar-refractivity contribution in [2.24, 2.45) is 0 Å². The van der Waals surface area contributed by atoms with Crippen LogP contribution in [0.4, 0.5) is 0 Å². The molecular weight excluding hydrogens is 252 g/mol. The van der Waals surface area contributed by atoms with E-state index in [4.69, 9.17) is 0 Å². The standard InChI is InChI=1S/2C7H8.C3H8.2C2H6/c2*1-7-5-3-2-4-6-7;1-3-2;2*1-2/h2*2-6H,1H3;3H2,1-2H3;2*1-2H3. The van der Waals surface area contributed by atoms with Crippen LogP contribution in [0.2, 0.25) is 0 Å². The largest absolute Gasteiger partial charge is 0.0683 e. The first-order chi connectivity index (χ1) is 10.2. The van der Waals surface area contributed by atoms with Crippen LogP contribution in [0.15, 0.2) is 60.7 Å². The van der Waals surface area contributed by atoms with Gasteiger partial charge in [-0.15, -0.1) is 0 Å². The van der Waals surface area contributed by atoms with Crippen molar-refractivity contribution < 1.29 is 0 Å². The van der Waals surface area contributed by atoms with Gasteiger partial charge in [-0.05, 0) is 13.8 Å². The lowest BCUT2D eigenvalue weighted by molar-refractivity contribution is 1.09. The minimum Gasteiger partial charge on any atom is -0.0683 e. The Balaban J connectivity index is -0.000000219. The molecule has 0 bridgehead atoms. The fraction of sp³-hybridized carbons (Fsp3) is 0.429. The van der Waals surface area contributed by atoms with Crippen molar-refractivity contribution in [2.75, 3.05) is 0 Å². The summed E-state index contributed by atoms with van der Waals surface area (Å²) in [5.74, 6) is 0. The molecule has 0 unspecified atom stereocenters. The monoisotopic (exact) mass is 288 g/mol. The van der Waals surface area contributed by atoms with Gasteiger partial charge in [0.25, 0.3) is 0 Å². The predicted octanol–water partition coefficient (Wildman–Crippen LogP) is 7.46. The van der Waals surface area contributed by atoms with Crippen LogP contribution in [-0.4, -0.2) is 0 Å². The van der Waals surface area contributed by atoms with E-state index in [9.17, 15) is 0 Å². The number of hydrogen-bond acceptors (Lipinski definition) is 0. The van der Waals surface area contributed by atoms with Crippen molar-refractivity contribution in [3.05, 3.63) is 71.8 Å². The first kappa shape index (κ1) is 24.5. The third-order valence-corrected chi connectivity index (χ3v) is 1.88. The van der Waals surface area contributed by atoms with E-state index >= 15 is 0 Å². The summed E-state index contributed by atoms with van der Waals surface area (Å²) >= 11 is 0. The maximum atomic E-state index is 2.12. The van der Waals surface area contributed by atoms with Gasteiger partial charge in [-0.2, -0.15) is 0 Å². The summed E-state index contributed by atoms with van der Waals surface area (Å²) < 4.78 is 0. The fourth-order valence-electron chi connectivity index (χ4n) is 1.07. The maximum Gasteiger partial charge on any atom is -0.0398 e. The van der Waals surface area contributed by atoms with Crippen LogP contribution in [0, 0.1) is 13.8 Å². The maximum absolute atomic E-state index is 2.12. The molecule has 0 radical (unpaired) electrons. The molecule has 0 spiro atoms. The van der Waals surface area contributed by atoms with Gasteiger partial charge in [0.15, 0.2) is 0 Å². The van der Waals surface area contributed by atoms with Crippen molar-refractivity contribution in [3.8, 4) is 0 Å². The normalized spacial score (nSPS) is 7.24. The molecule has 0 N–H and O–H groups in total. The molecule has 0 aliphatic carbocycles. The average Bonchev–Trinajstić information content (AvgIpc) is 2.54. The number of benzene rings is 2. The molecule has 0 saturated heterocycles. The van der Waals surface area contributed by atoms with Gasteiger partial charge >= 0.3 is 0 Å². The van der Waals surface area contributed by atoms with Gasteiger partial charge in [-0.1, -0.05) is 120 Å². The van der Waals surface area contributed by atoms with Gasteiger partial charge in [0.05, 0.1) is 0 Å². The van der Waals surface area contributed by atoms with E-state index in [2.05, 4.69) is 52.0 Å². The van der Waals surface area contributed by atoms with Crippen LogP contribution >= 0.6 is 0 Å². The molecule has 2 rings (SSSR count). The average molecular weight is 289 g/mol. The zero-order valence-corrected chi connectivity index (χ0v) is 15.5. The molecule has 0 fully saturated rings. The molecule has 0 heteroatoms. The molecule has 0 saturated carbocycles. The Hall–Kier alpha value is -1.56. The van der Waals surface area contributed by atoms with Crippen LogP contribution in [0.3, 0.4) is 0 Å². The van der Waals surface area contributed by atoms with E-state index < -0.39 is 0 Å². The first-order valence-electron chi connectivity index (χ1n) is 8.24. The van der Waals surface area contributed by atoms with Gasteiger partial charge in [0.2, 0.25) is 0 Å². The molecule has 0 atom stereocenters. The molecule has 0 aliphatic rings. The molecule has 21 heavy (non-hydrogen) atoms. The van der Waals surface area contributed by atoms with Gasteiger partial charge < -0.3 is 0 Å². The van der Waals surface area contributed by atoms with Crippen molar-refractivity contribution in [2.45, 2.75) is 61.8 Å². The molecule has 120 valence electrons. The summed E-state index contributed by atoms with van der Waals surface area (Å²) in [4.78, 5) is 0. The van der Waals surface area contributed by atoms with Crippen LogP contribution in [0.1, 0.15) is 59.1 Å². The van der Waals surface area contributed by atoms with E-state index in [1.54, 1.807) is 0 Å². The summed E-state index contributed by atoms with van der Waals surface area (Å²) in [5.41, 5.74) is 2.64. The second kappa shape index (κ2) is 23.5. The van der Waals surface area contributed by atoms with E-state index in [-0.39, 0.29) is 0 Å². The van der Waals surface area contributed by atoms with Crippen molar-refractivity contribution in [1.82, 2.24) is 0 Å². The molecule has 0 aliphatic heterocycles. The minimum atomic E-state index is 1.25. The quantitative estimate of drug-likeness (QED) is 0.472. The highest BCUT2D eigenvalue weighted by Crippen LogP contribution is 1.92. The Morgan fingerprint density at radius 3 is 0.810 bits per heavy atom. The highest BCUT2D eigenvalue weighted by molar-refractivity contribution is 5.12. The zero-order chi connectivity index (χ0) is 16.9. The summed E-state index contributed by atoms with van der Waals surface area (Å²) in [5, 5.41) is 0. The van der Waals surface area contributed by atoms with Crippen LogP contribution < -0.4 is 0 Å². The zero-order valence-electron chi connectivity index (χ0n) is 15.5. The second-order valence-corrected chi connectivity index (χ2v) is 4.02. The Kier molecular flexibility index (Phi) is 27.4. The highest BCUT2D eigenvalue weighted by Gasteiger charge is 1.72. The van der Waals surface area contributed by atoms with E-state index in [1.807, 2.05) is 64.1 Å². The Morgan fingerprint density at radius 2 is 0.714 bits per heavy atom. The summed E-state index contributed by atoms with van der Waals surface area (Å²) in [7, 11) is 0. The number of rotatable bonds is 0. The van der Waals surface area contributed by atoms with Crippen molar-refractivity contribution >= 4 is 0 Å². The van der Waals surface area contributed by atoms with E-state index in [1.165, 1.54) is 17.5 Å². The number of aryl methyl sites for hydroxylation is 2. The summed E-state index contributed by atoms with van der Waals surface area (Å²) in [6.45, 7) is 16.4. The molecule has 0 heterocycles. The smallest absolute Gasteiger partial charge is 0.0398 e. The minimum absolute atomic E-state index is 1.25. The summed E-state index contributed by atoms with van der Waals surface area (Å²) in [6.07, 6.45) is 1.25. The molecule has 2 aromatic carbocycles. The predicted molar refractivity (Wildman–Crippen MR) is 101 cm³/mol. The van der Waals surface area contributed by atoms with E-state index in [0.717, 1.165) is 0 Å². The first-order valence-corrected chi connectivity index (χ1v) is 8.24. The third-order valence-electron chi connectivity index (χ3n) is 1.88. The molecule has 2 aromatic rings. The Labute approximate surface area is 134 Å². The Bertz CT molecular complexity index is 311. The van der Waals surface area contributed by atoms with Gasteiger partial charge in [-0.3, -0.25) is 0 Å². The highest BCUT2D eigenvalue weighted by atomic mass is 13.8. The fourth-order valence-corrected chi connectivity index (χ4v) is 1.07. The van der Waals surface area contributed by atoms with E-state index in [0.29, 0.717) is 0 Å². The van der Waals surface area contributed by atoms with Crippen LogP contribution in [0.5, 0.6) is 0 Å².